The average molecular weight is 279 g/mol. The summed E-state index contributed by atoms with van der Waals surface area (Å²) in [6, 6.07) is 0.585. The topological polar surface area (TPSA) is 26.8 Å². The molecule has 0 aliphatic carbocycles. The number of nitrogens with zero attached hydrogens (tertiary/aromatic N) is 3. The Bertz CT molecular complexity index is 327. The summed E-state index contributed by atoms with van der Waals surface area (Å²) in [5, 5.41) is 0. The maximum absolute atomic E-state index is 12.1. The number of hydrogen-bond acceptors (Lipinski definition) is 3. The largest absolute Gasteiger partial charge is 0.337 e. The van der Waals surface area contributed by atoms with Crippen LogP contribution in [0.1, 0.15) is 33.1 Å². The van der Waals surface area contributed by atoms with Crippen LogP contribution in [0.3, 0.4) is 0 Å². The van der Waals surface area contributed by atoms with Gasteiger partial charge in [-0.2, -0.15) is 0 Å². The van der Waals surface area contributed by atoms with E-state index in [1.165, 1.54) is 32.4 Å². The molecule has 114 valence electrons. The highest BCUT2D eigenvalue weighted by atomic mass is 16.2. The smallest absolute Gasteiger partial charge is 0.246 e. The molecule has 0 aromatic carbocycles. The second-order valence-electron chi connectivity index (χ2n) is 6.22. The third-order valence-corrected chi connectivity index (χ3v) is 4.43. The van der Waals surface area contributed by atoms with Crippen molar-refractivity contribution < 1.29 is 4.79 Å². The minimum atomic E-state index is 0.186. The lowest BCUT2D eigenvalue weighted by molar-refractivity contribution is -0.128. The van der Waals surface area contributed by atoms with Gasteiger partial charge in [-0.1, -0.05) is 12.5 Å². The summed E-state index contributed by atoms with van der Waals surface area (Å²) in [5.74, 6) is 0.186. The molecule has 2 aliphatic rings. The Balaban J connectivity index is 1.69. The molecule has 0 radical (unpaired) electrons. The van der Waals surface area contributed by atoms with Gasteiger partial charge in [0.05, 0.1) is 0 Å². The number of amides is 1. The zero-order chi connectivity index (χ0) is 14.4. The molecule has 2 rings (SSSR count). The van der Waals surface area contributed by atoms with Crippen molar-refractivity contribution in [1.82, 2.24) is 14.7 Å². The van der Waals surface area contributed by atoms with E-state index in [1.807, 2.05) is 11.0 Å². The number of piperazine rings is 1. The van der Waals surface area contributed by atoms with Crippen LogP contribution in [-0.2, 0) is 4.79 Å². The first-order valence-electron chi connectivity index (χ1n) is 8.08. The standard InChI is InChI=1S/C16H29N3O/c1-15(2)18-11-13-19(14-12-18)16(20)7-6-10-17-8-4-3-5-9-17/h6-7,15H,3-5,8-14H2,1-2H3/b7-6+. The van der Waals surface area contributed by atoms with E-state index >= 15 is 0 Å². The van der Waals surface area contributed by atoms with Gasteiger partial charge in [0.15, 0.2) is 0 Å². The first-order chi connectivity index (χ1) is 9.66. The monoisotopic (exact) mass is 279 g/mol. The van der Waals surface area contributed by atoms with Crippen LogP contribution in [-0.4, -0.2) is 72.5 Å². The Morgan fingerprint density at radius 3 is 2.25 bits per heavy atom. The summed E-state index contributed by atoms with van der Waals surface area (Å²) >= 11 is 0. The second kappa shape index (κ2) is 7.79. The quantitative estimate of drug-likeness (QED) is 0.731. The lowest BCUT2D eigenvalue weighted by Crippen LogP contribution is -2.50. The van der Waals surface area contributed by atoms with Crippen molar-refractivity contribution >= 4 is 5.91 Å². The molecule has 20 heavy (non-hydrogen) atoms. The number of likely N-dealkylation sites (tertiary alicyclic amines) is 1. The van der Waals surface area contributed by atoms with Gasteiger partial charge in [0.25, 0.3) is 0 Å². The van der Waals surface area contributed by atoms with Gasteiger partial charge < -0.3 is 4.90 Å². The second-order valence-corrected chi connectivity index (χ2v) is 6.22. The zero-order valence-corrected chi connectivity index (χ0v) is 13.1. The first kappa shape index (κ1) is 15.5. The van der Waals surface area contributed by atoms with Crippen LogP contribution in [0, 0.1) is 0 Å². The number of hydrogen-bond donors (Lipinski definition) is 0. The molecule has 2 heterocycles. The van der Waals surface area contributed by atoms with Gasteiger partial charge in [-0.3, -0.25) is 14.6 Å². The van der Waals surface area contributed by atoms with Crippen molar-refractivity contribution in [3.8, 4) is 0 Å². The average Bonchev–Trinajstić information content (AvgIpc) is 2.48. The van der Waals surface area contributed by atoms with Crippen LogP contribution in [0.2, 0.25) is 0 Å². The summed E-state index contributed by atoms with van der Waals surface area (Å²) in [6.07, 6.45) is 7.79. The molecular weight excluding hydrogens is 250 g/mol. The fourth-order valence-corrected chi connectivity index (χ4v) is 3.01. The Kier molecular flexibility index (Phi) is 6.05. The highest BCUT2D eigenvalue weighted by Crippen LogP contribution is 2.09. The van der Waals surface area contributed by atoms with E-state index in [2.05, 4.69) is 23.6 Å². The van der Waals surface area contributed by atoms with Crippen LogP contribution in [0.15, 0.2) is 12.2 Å². The summed E-state index contributed by atoms with van der Waals surface area (Å²) in [4.78, 5) is 19.0. The molecule has 0 atom stereocenters. The SMILES string of the molecule is CC(C)N1CCN(C(=O)/C=C/CN2CCCCC2)CC1. The van der Waals surface area contributed by atoms with Crippen molar-refractivity contribution in [2.75, 3.05) is 45.8 Å². The normalized spacial score (nSPS) is 22.9. The molecule has 4 heteroatoms. The van der Waals surface area contributed by atoms with Gasteiger partial charge in [0, 0.05) is 44.8 Å². The van der Waals surface area contributed by atoms with Gasteiger partial charge in [0.1, 0.15) is 0 Å². The Hall–Kier alpha value is -0.870. The summed E-state index contributed by atoms with van der Waals surface area (Å²) in [5.41, 5.74) is 0. The number of piperidine rings is 1. The molecule has 0 spiro atoms. The molecule has 0 saturated carbocycles. The highest BCUT2D eigenvalue weighted by Gasteiger charge is 2.20. The van der Waals surface area contributed by atoms with Crippen molar-refractivity contribution in [2.24, 2.45) is 0 Å². The molecule has 0 aromatic heterocycles. The summed E-state index contributed by atoms with van der Waals surface area (Å²) in [6.45, 7) is 11.5. The minimum absolute atomic E-state index is 0.186. The van der Waals surface area contributed by atoms with Gasteiger partial charge in [-0.25, -0.2) is 0 Å². The first-order valence-corrected chi connectivity index (χ1v) is 8.08. The lowest BCUT2D eigenvalue weighted by Gasteiger charge is -2.36. The molecule has 2 fully saturated rings. The molecule has 2 saturated heterocycles. The fourth-order valence-electron chi connectivity index (χ4n) is 3.01. The van der Waals surface area contributed by atoms with Crippen LogP contribution in [0.4, 0.5) is 0 Å². The predicted octanol–water partition coefficient (Wildman–Crippen LogP) is 1.58. The molecule has 4 nitrogen and oxygen atoms in total. The maximum atomic E-state index is 12.1. The highest BCUT2D eigenvalue weighted by molar-refractivity contribution is 5.87. The van der Waals surface area contributed by atoms with E-state index in [1.54, 1.807) is 6.08 Å². The Morgan fingerprint density at radius 1 is 1.00 bits per heavy atom. The predicted molar refractivity (Wildman–Crippen MR) is 82.7 cm³/mol. The Morgan fingerprint density at radius 2 is 1.65 bits per heavy atom. The minimum Gasteiger partial charge on any atom is -0.337 e. The molecule has 0 aromatic rings. The van der Waals surface area contributed by atoms with Crippen LogP contribution < -0.4 is 0 Å². The molecule has 0 N–H and O–H groups in total. The van der Waals surface area contributed by atoms with Crippen molar-refractivity contribution in [3.05, 3.63) is 12.2 Å². The van der Waals surface area contributed by atoms with E-state index in [0.717, 1.165) is 32.7 Å². The van der Waals surface area contributed by atoms with Gasteiger partial charge >= 0.3 is 0 Å². The van der Waals surface area contributed by atoms with Crippen LogP contribution in [0.5, 0.6) is 0 Å². The zero-order valence-electron chi connectivity index (χ0n) is 13.1. The van der Waals surface area contributed by atoms with E-state index in [4.69, 9.17) is 0 Å². The van der Waals surface area contributed by atoms with Gasteiger partial charge in [-0.05, 0) is 39.8 Å². The maximum Gasteiger partial charge on any atom is 0.246 e. The molecule has 0 bridgehead atoms. The number of carbonyl (C=O) groups excluding carboxylic acids is 1. The van der Waals surface area contributed by atoms with Gasteiger partial charge in [-0.15, -0.1) is 0 Å². The molecule has 0 unspecified atom stereocenters. The summed E-state index contributed by atoms with van der Waals surface area (Å²) < 4.78 is 0. The third kappa shape index (κ3) is 4.60. The van der Waals surface area contributed by atoms with Crippen molar-refractivity contribution in [3.63, 3.8) is 0 Å². The van der Waals surface area contributed by atoms with E-state index < -0.39 is 0 Å². The van der Waals surface area contributed by atoms with Crippen LogP contribution in [0.25, 0.3) is 0 Å². The summed E-state index contributed by atoms with van der Waals surface area (Å²) in [7, 11) is 0. The lowest BCUT2D eigenvalue weighted by atomic mass is 10.1. The third-order valence-electron chi connectivity index (χ3n) is 4.43. The van der Waals surface area contributed by atoms with Crippen molar-refractivity contribution in [2.45, 2.75) is 39.2 Å². The van der Waals surface area contributed by atoms with E-state index in [-0.39, 0.29) is 5.91 Å². The van der Waals surface area contributed by atoms with E-state index in [9.17, 15) is 4.79 Å². The van der Waals surface area contributed by atoms with Crippen molar-refractivity contribution in [1.29, 1.82) is 0 Å². The van der Waals surface area contributed by atoms with E-state index in [0.29, 0.717) is 6.04 Å². The van der Waals surface area contributed by atoms with Crippen LogP contribution >= 0.6 is 0 Å². The number of rotatable bonds is 4. The van der Waals surface area contributed by atoms with Gasteiger partial charge in [0.2, 0.25) is 5.91 Å². The fraction of sp³-hybridized carbons (Fsp3) is 0.812. The number of carbonyl (C=O) groups is 1. The Labute approximate surface area is 123 Å². The molecular formula is C16H29N3O. The molecule has 2 aliphatic heterocycles. The molecule has 1 amide bonds.